The van der Waals surface area contributed by atoms with Crippen molar-refractivity contribution in [1.82, 2.24) is 5.32 Å². The van der Waals surface area contributed by atoms with Crippen molar-refractivity contribution < 1.29 is 13.9 Å². The van der Waals surface area contributed by atoms with Crippen molar-refractivity contribution in [3.8, 4) is 0 Å². The van der Waals surface area contributed by atoms with Gasteiger partial charge in [0, 0.05) is 44.8 Å². The molecule has 6 heteroatoms. The molecule has 1 saturated carbocycles. The van der Waals surface area contributed by atoms with Gasteiger partial charge in [0.2, 0.25) is 5.91 Å². The van der Waals surface area contributed by atoms with E-state index >= 15 is 0 Å². The SMILES string of the molecule is COC1CC(N)(C(=O)NC2CCCN(c3ccc(F)cc3C)C2)C1. The molecule has 2 fully saturated rings. The number of anilines is 1. The Hall–Kier alpha value is -1.66. The van der Waals surface area contributed by atoms with Crippen LogP contribution >= 0.6 is 0 Å². The maximum atomic E-state index is 13.3. The third-order valence-electron chi connectivity index (χ3n) is 5.23. The molecule has 1 aromatic carbocycles. The van der Waals surface area contributed by atoms with Crippen LogP contribution < -0.4 is 16.0 Å². The van der Waals surface area contributed by atoms with Crippen LogP contribution in [0.1, 0.15) is 31.2 Å². The van der Waals surface area contributed by atoms with E-state index < -0.39 is 5.54 Å². The average Bonchev–Trinajstić information content (AvgIpc) is 2.52. The molecule has 2 aliphatic rings. The number of amides is 1. The largest absolute Gasteiger partial charge is 0.381 e. The van der Waals surface area contributed by atoms with Gasteiger partial charge in [-0.15, -0.1) is 0 Å². The summed E-state index contributed by atoms with van der Waals surface area (Å²) in [6.45, 7) is 3.55. The Balaban J connectivity index is 1.61. The molecule has 1 unspecified atom stereocenters. The Kier molecular flexibility index (Phi) is 4.78. The number of nitrogens with one attached hydrogen (secondary N) is 1. The quantitative estimate of drug-likeness (QED) is 0.879. The Morgan fingerprint density at radius 3 is 2.88 bits per heavy atom. The predicted octanol–water partition coefficient (Wildman–Crippen LogP) is 1.73. The molecule has 1 aliphatic carbocycles. The number of benzene rings is 1. The van der Waals surface area contributed by atoms with Crippen molar-refractivity contribution in [3.63, 3.8) is 0 Å². The number of rotatable bonds is 4. The van der Waals surface area contributed by atoms with Gasteiger partial charge in [-0.2, -0.15) is 0 Å². The van der Waals surface area contributed by atoms with Crippen LogP contribution in [0.3, 0.4) is 0 Å². The van der Waals surface area contributed by atoms with E-state index in [-0.39, 0.29) is 23.9 Å². The highest BCUT2D eigenvalue weighted by molar-refractivity contribution is 5.87. The average molecular weight is 335 g/mol. The lowest BCUT2D eigenvalue weighted by atomic mass is 9.74. The number of nitrogens with two attached hydrogens (primary N) is 1. The van der Waals surface area contributed by atoms with E-state index in [0.29, 0.717) is 12.8 Å². The lowest BCUT2D eigenvalue weighted by Crippen LogP contribution is -2.66. The predicted molar refractivity (Wildman–Crippen MR) is 91.5 cm³/mol. The van der Waals surface area contributed by atoms with Gasteiger partial charge >= 0.3 is 0 Å². The summed E-state index contributed by atoms with van der Waals surface area (Å²) in [4.78, 5) is 14.7. The smallest absolute Gasteiger partial charge is 0.240 e. The first-order valence-corrected chi connectivity index (χ1v) is 8.55. The van der Waals surface area contributed by atoms with Crippen LogP contribution in [0.4, 0.5) is 10.1 Å². The van der Waals surface area contributed by atoms with Gasteiger partial charge in [-0.1, -0.05) is 0 Å². The van der Waals surface area contributed by atoms with Crippen LogP contribution in [-0.2, 0) is 9.53 Å². The first-order chi connectivity index (χ1) is 11.4. The molecule has 1 saturated heterocycles. The standard InChI is InChI=1S/C18H26FN3O2/c1-12-8-13(19)5-6-16(12)22-7-3-4-14(11-22)21-17(23)18(20)9-15(10-18)24-2/h5-6,8,14-15H,3-4,7,9-11,20H2,1-2H3,(H,21,23). The van der Waals surface area contributed by atoms with Gasteiger partial charge in [0.25, 0.3) is 0 Å². The third kappa shape index (κ3) is 3.39. The molecule has 0 bridgehead atoms. The lowest BCUT2D eigenvalue weighted by Gasteiger charge is -2.44. The molecule has 0 radical (unpaired) electrons. The second-order valence-corrected chi connectivity index (χ2v) is 7.11. The molecule has 1 amide bonds. The highest BCUT2D eigenvalue weighted by atomic mass is 19.1. The molecule has 1 heterocycles. The van der Waals surface area contributed by atoms with Crippen molar-refractivity contribution in [2.45, 2.75) is 50.3 Å². The third-order valence-corrected chi connectivity index (χ3v) is 5.23. The van der Waals surface area contributed by atoms with Gasteiger partial charge in [0.15, 0.2) is 0 Å². The summed E-state index contributed by atoms with van der Waals surface area (Å²) in [7, 11) is 1.65. The number of hydrogen-bond donors (Lipinski definition) is 2. The number of aryl methyl sites for hydroxylation is 1. The molecule has 132 valence electrons. The highest BCUT2D eigenvalue weighted by Gasteiger charge is 2.47. The molecule has 1 aliphatic heterocycles. The molecule has 5 nitrogen and oxygen atoms in total. The summed E-state index contributed by atoms with van der Waals surface area (Å²) in [5, 5.41) is 3.10. The summed E-state index contributed by atoms with van der Waals surface area (Å²) in [6, 6.07) is 4.91. The summed E-state index contributed by atoms with van der Waals surface area (Å²) in [5.74, 6) is -0.306. The van der Waals surface area contributed by atoms with Gasteiger partial charge in [-0.3, -0.25) is 4.79 Å². The van der Waals surface area contributed by atoms with Crippen LogP contribution in [0.5, 0.6) is 0 Å². The van der Waals surface area contributed by atoms with Crippen LogP contribution in [0.2, 0.25) is 0 Å². The topological polar surface area (TPSA) is 67.6 Å². The van der Waals surface area contributed by atoms with Crippen LogP contribution in [0.15, 0.2) is 18.2 Å². The highest BCUT2D eigenvalue weighted by Crippen LogP contribution is 2.32. The molecular formula is C18H26FN3O2. The zero-order valence-corrected chi connectivity index (χ0v) is 14.3. The Bertz CT molecular complexity index is 616. The fraction of sp³-hybridized carbons (Fsp3) is 0.611. The van der Waals surface area contributed by atoms with E-state index in [0.717, 1.165) is 37.2 Å². The van der Waals surface area contributed by atoms with E-state index in [1.54, 1.807) is 13.2 Å². The normalized spacial score (nSPS) is 29.9. The van der Waals surface area contributed by atoms with Gasteiger partial charge in [0.05, 0.1) is 6.10 Å². The minimum Gasteiger partial charge on any atom is -0.381 e. The molecular weight excluding hydrogens is 309 g/mol. The van der Waals surface area contributed by atoms with Crippen molar-refractivity contribution in [2.75, 3.05) is 25.1 Å². The molecule has 1 atom stereocenters. The van der Waals surface area contributed by atoms with Crippen molar-refractivity contribution in [2.24, 2.45) is 5.73 Å². The maximum Gasteiger partial charge on any atom is 0.240 e. The van der Waals surface area contributed by atoms with E-state index in [2.05, 4.69) is 10.2 Å². The fourth-order valence-electron chi connectivity index (χ4n) is 3.72. The van der Waals surface area contributed by atoms with Crippen molar-refractivity contribution in [3.05, 3.63) is 29.6 Å². The van der Waals surface area contributed by atoms with Crippen molar-refractivity contribution in [1.29, 1.82) is 0 Å². The Morgan fingerprint density at radius 2 is 2.21 bits per heavy atom. The number of halogens is 1. The molecule has 0 spiro atoms. The van der Waals surface area contributed by atoms with E-state index in [9.17, 15) is 9.18 Å². The number of ether oxygens (including phenoxy) is 1. The molecule has 1 aromatic rings. The summed E-state index contributed by atoms with van der Waals surface area (Å²) < 4.78 is 18.5. The van der Waals surface area contributed by atoms with Gasteiger partial charge in [-0.25, -0.2) is 4.39 Å². The van der Waals surface area contributed by atoms with E-state index in [1.165, 1.54) is 6.07 Å². The molecule has 3 N–H and O–H groups in total. The minimum atomic E-state index is -0.797. The van der Waals surface area contributed by atoms with E-state index in [4.69, 9.17) is 10.5 Å². The van der Waals surface area contributed by atoms with Crippen LogP contribution in [0.25, 0.3) is 0 Å². The number of carbonyl (C=O) groups excluding carboxylic acids is 1. The fourth-order valence-corrected chi connectivity index (χ4v) is 3.72. The first-order valence-electron chi connectivity index (χ1n) is 8.55. The number of piperidine rings is 1. The summed E-state index contributed by atoms with van der Waals surface area (Å²) >= 11 is 0. The van der Waals surface area contributed by atoms with Gasteiger partial charge < -0.3 is 20.7 Å². The zero-order valence-electron chi connectivity index (χ0n) is 14.3. The van der Waals surface area contributed by atoms with Gasteiger partial charge in [0.1, 0.15) is 11.4 Å². The van der Waals surface area contributed by atoms with Gasteiger partial charge in [-0.05, 0) is 43.5 Å². The number of carbonyl (C=O) groups is 1. The second kappa shape index (κ2) is 6.69. The molecule has 24 heavy (non-hydrogen) atoms. The summed E-state index contributed by atoms with van der Waals surface area (Å²) in [6.07, 6.45) is 3.16. The second-order valence-electron chi connectivity index (χ2n) is 7.11. The van der Waals surface area contributed by atoms with E-state index in [1.807, 2.05) is 13.0 Å². The van der Waals surface area contributed by atoms with Crippen molar-refractivity contribution >= 4 is 11.6 Å². The zero-order chi connectivity index (χ0) is 17.3. The first kappa shape index (κ1) is 17.2. The number of hydrogen-bond acceptors (Lipinski definition) is 4. The monoisotopic (exact) mass is 335 g/mol. The lowest BCUT2D eigenvalue weighted by molar-refractivity contribution is -0.136. The molecule has 3 rings (SSSR count). The number of methoxy groups -OCH3 is 1. The Morgan fingerprint density at radius 1 is 1.46 bits per heavy atom. The Labute approximate surface area is 142 Å². The number of nitrogens with zero attached hydrogens (tertiary/aromatic N) is 1. The minimum absolute atomic E-state index is 0.0673. The maximum absolute atomic E-state index is 13.3. The van der Waals surface area contributed by atoms with Crippen LogP contribution in [0, 0.1) is 12.7 Å². The molecule has 0 aromatic heterocycles. The summed E-state index contributed by atoms with van der Waals surface area (Å²) in [5.41, 5.74) is 7.32. The van der Waals surface area contributed by atoms with Crippen LogP contribution in [-0.4, -0.2) is 43.8 Å².